The SMILES string of the molecule is Cn1ncc(NCc2cc(Cl)c3c(c2)OCCO3)c(Br)c1=O. The minimum atomic E-state index is -0.204. The van der Waals surface area contributed by atoms with Gasteiger partial charge in [-0.15, -0.1) is 0 Å². The van der Waals surface area contributed by atoms with E-state index >= 15 is 0 Å². The van der Waals surface area contributed by atoms with Gasteiger partial charge in [0.1, 0.15) is 17.7 Å². The monoisotopic (exact) mass is 385 g/mol. The fraction of sp³-hybridized carbons (Fsp3) is 0.286. The average Bonchev–Trinajstić information content (AvgIpc) is 2.52. The number of aryl methyl sites for hydroxylation is 1. The Balaban J connectivity index is 1.81. The lowest BCUT2D eigenvalue weighted by Crippen LogP contribution is -2.21. The van der Waals surface area contributed by atoms with E-state index in [1.165, 1.54) is 4.68 Å². The predicted molar refractivity (Wildman–Crippen MR) is 86.9 cm³/mol. The third-order valence-corrected chi connectivity index (χ3v) is 4.26. The van der Waals surface area contributed by atoms with Crippen LogP contribution < -0.4 is 20.3 Å². The van der Waals surface area contributed by atoms with Gasteiger partial charge in [0.25, 0.3) is 5.56 Å². The van der Waals surface area contributed by atoms with Crippen molar-refractivity contribution >= 4 is 33.2 Å². The highest BCUT2D eigenvalue weighted by molar-refractivity contribution is 9.10. The largest absolute Gasteiger partial charge is 0.486 e. The highest BCUT2D eigenvalue weighted by Crippen LogP contribution is 2.38. The zero-order valence-electron chi connectivity index (χ0n) is 11.7. The third kappa shape index (κ3) is 2.91. The fourth-order valence-corrected chi connectivity index (χ4v) is 2.88. The summed E-state index contributed by atoms with van der Waals surface area (Å²) in [6, 6.07) is 3.68. The molecule has 1 aliphatic rings. The third-order valence-electron chi connectivity index (χ3n) is 3.22. The molecule has 0 bridgehead atoms. The quantitative estimate of drug-likeness (QED) is 0.878. The predicted octanol–water partition coefficient (Wildman–Crippen LogP) is 2.58. The molecule has 116 valence electrons. The first-order valence-electron chi connectivity index (χ1n) is 6.60. The molecule has 0 atom stereocenters. The van der Waals surface area contributed by atoms with Gasteiger partial charge >= 0.3 is 0 Å². The van der Waals surface area contributed by atoms with Crippen LogP contribution in [0.4, 0.5) is 5.69 Å². The standard InChI is InChI=1S/C14H13BrClN3O3/c1-19-14(20)12(15)10(7-18-19)17-6-8-4-9(16)13-11(5-8)21-2-3-22-13/h4-5,7,17H,2-3,6H2,1H3. The van der Waals surface area contributed by atoms with Crippen molar-refractivity contribution in [1.82, 2.24) is 9.78 Å². The summed E-state index contributed by atoms with van der Waals surface area (Å²) in [4.78, 5) is 11.8. The molecule has 3 rings (SSSR count). The Hall–Kier alpha value is -1.73. The molecular formula is C14H13BrClN3O3. The van der Waals surface area contributed by atoms with Crippen molar-refractivity contribution in [1.29, 1.82) is 0 Å². The molecule has 22 heavy (non-hydrogen) atoms. The van der Waals surface area contributed by atoms with Crippen molar-refractivity contribution in [3.05, 3.63) is 43.7 Å². The van der Waals surface area contributed by atoms with Crippen LogP contribution in [0.1, 0.15) is 5.56 Å². The molecule has 0 fully saturated rings. The van der Waals surface area contributed by atoms with E-state index in [2.05, 4.69) is 26.3 Å². The highest BCUT2D eigenvalue weighted by Gasteiger charge is 2.16. The maximum absolute atomic E-state index is 11.8. The summed E-state index contributed by atoms with van der Waals surface area (Å²) < 4.78 is 12.7. The Labute approximate surface area is 140 Å². The summed E-state index contributed by atoms with van der Waals surface area (Å²) in [5.74, 6) is 1.21. The molecule has 0 radical (unpaired) electrons. The Bertz CT molecular complexity index is 779. The molecule has 2 aromatic rings. The molecule has 0 aliphatic carbocycles. The van der Waals surface area contributed by atoms with Gasteiger partial charge in [0.2, 0.25) is 0 Å². The zero-order valence-corrected chi connectivity index (χ0v) is 14.1. The summed E-state index contributed by atoms with van der Waals surface area (Å²) >= 11 is 9.47. The van der Waals surface area contributed by atoms with Gasteiger partial charge < -0.3 is 14.8 Å². The van der Waals surface area contributed by atoms with Crippen molar-refractivity contribution in [2.45, 2.75) is 6.54 Å². The lowest BCUT2D eigenvalue weighted by atomic mass is 10.2. The molecular weight excluding hydrogens is 374 g/mol. The van der Waals surface area contributed by atoms with E-state index in [9.17, 15) is 4.79 Å². The first-order valence-corrected chi connectivity index (χ1v) is 7.77. The maximum Gasteiger partial charge on any atom is 0.282 e. The van der Waals surface area contributed by atoms with E-state index in [1.807, 2.05) is 12.1 Å². The zero-order chi connectivity index (χ0) is 15.7. The van der Waals surface area contributed by atoms with E-state index in [0.717, 1.165) is 5.56 Å². The second kappa shape index (κ2) is 6.18. The van der Waals surface area contributed by atoms with Crippen LogP contribution in [0.2, 0.25) is 5.02 Å². The molecule has 1 N–H and O–H groups in total. The molecule has 0 amide bonds. The first kappa shape index (κ1) is 15.2. The van der Waals surface area contributed by atoms with E-state index in [1.54, 1.807) is 13.2 Å². The van der Waals surface area contributed by atoms with Gasteiger partial charge in [-0.05, 0) is 33.6 Å². The summed E-state index contributed by atoms with van der Waals surface area (Å²) in [7, 11) is 1.59. The molecule has 8 heteroatoms. The average molecular weight is 387 g/mol. The van der Waals surface area contributed by atoms with Crippen molar-refractivity contribution in [2.75, 3.05) is 18.5 Å². The number of hydrogen-bond donors (Lipinski definition) is 1. The molecule has 0 unspecified atom stereocenters. The van der Waals surface area contributed by atoms with Crippen LogP contribution >= 0.6 is 27.5 Å². The Morgan fingerprint density at radius 2 is 2.18 bits per heavy atom. The highest BCUT2D eigenvalue weighted by atomic mass is 79.9. The molecule has 6 nitrogen and oxygen atoms in total. The number of benzene rings is 1. The van der Waals surface area contributed by atoms with Gasteiger partial charge in [0.15, 0.2) is 11.5 Å². The molecule has 0 spiro atoms. The first-order chi connectivity index (χ1) is 10.6. The van der Waals surface area contributed by atoms with Gasteiger partial charge in [0, 0.05) is 13.6 Å². The number of halogens is 2. The summed E-state index contributed by atoms with van der Waals surface area (Å²) in [5.41, 5.74) is 1.33. The number of fused-ring (bicyclic) bond motifs is 1. The van der Waals surface area contributed by atoms with Crippen molar-refractivity contribution < 1.29 is 9.47 Å². The number of nitrogens with zero attached hydrogens (tertiary/aromatic N) is 2. The Morgan fingerprint density at radius 1 is 1.41 bits per heavy atom. The van der Waals surface area contributed by atoms with Crippen LogP contribution in [0, 0.1) is 0 Å². The van der Waals surface area contributed by atoms with Gasteiger partial charge in [-0.3, -0.25) is 4.79 Å². The molecule has 0 saturated carbocycles. The van der Waals surface area contributed by atoms with Gasteiger partial charge in [-0.2, -0.15) is 5.10 Å². The van der Waals surface area contributed by atoms with Crippen LogP contribution in [0.25, 0.3) is 0 Å². The summed E-state index contributed by atoms with van der Waals surface area (Å²) in [6.45, 7) is 1.48. The normalized spacial score (nSPS) is 13.0. The number of aromatic nitrogens is 2. The molecule has 1 aromatic heterocycles. The lowest BCUT2D eigenvalue weighted by Gasteiger charge is -2.20. The van der Waals surface area contributed by atoms with Crippen LogP contribution in [-0.4, -0.2) is 23.0 Å². The summed E-state index contributed by atoms with van der Waals surface area (Å²) in [5, 5.41) is 7.64. The topological polar surface area (TPSA) is 65.4 Å². The molecule has 2 heterocycles. The van der Waals surface area contributed by atoms with Crippen molar-refractivity contribution in [3.63, 3.8) is 0 Å². The van der Waals surface area contributed by atoms with Gasteiger partial charge in [-0.25, -0.2) is 4.68 Å². The maximum atomic E-state index is 11.8. The second-order valence-corrected chi connectivity index (χ2v) is 5.96. The molecule has 0 saturated heterocycles. The van der Waals surface area contributed by atoms with Crippen LogP contribution in [0.3, 0.4) is 0 Å². The Kier molecular flexibility index (Phi) is 4.26. The minimum Gasteiger partial charge on any atom is -0.486 e. The van der Waals surface area contributed by atoms with Gasteiger partial charge in [-0.1, -0.05) is 11.6 Å². The number of rotatable bonds is 3. The minimum absolute atomic E-state index is 0.204. The van der Waals surface area contributed by atoms with E-state index in [-0.39, 0.29) is 5.56 Å². The number of anilines is 1. The molecule has 1 aromatic carbocycles. The van der Waals surface area contributed by atoms with Gasteiger partial charge in [0.05, 0.1) is 16.9 Å². The van der Waals surface area contributed by atoms with E-state index in [4.69, 9.17) is 21.1 Å². The van der Waals surface area contributed by atoms with Crippen molar-refractivity contribution in [3.8, 4) is 11.5 Å². The fourth-order valence-electron chi connectivity index (χ4n) is 2.10. The second-order valence-electron chi connectivity index (χ2n) is 4.76. The van der Waals surface area contributed by atoms with E-state index < -0.39 is 0 Å². The van der Waals surface area contributed by atoms with Crippen LogP contribution in [-0.2, 0) is 13.6 Å². The number of nitrogens with one attached hydrogen (secondary N) is 1. The lowest BCUT2D eigenvalue weighted by molar-refractivity contribution is 0.171. The Morgan fingerprint density at radius 3 is 3.00 bits per heavy atom. The number of hydrogen-bond acceptors (Lipinski definition) is 5. The van der Waals surface area contributed by atoms with Crippen LogP contribution in [0.5, 0.6) is 11.5 Å². The van der Waals surface area contributed by atoms with Crippen molar-refractivity contribution in [2.24, 2.45) is 7.05 Å². The van der Waals surface area contributed by atoms with Crippen LogP contribution in [0.15, 0.2) is 27.6 Å². The smallest absolute Gasteiger partial charge is 0.282 e. The van der Waals surface area contributed by atoms with E-state index in [0.29, 0.717) is 46.4 Å². The molecule has 1 aliphatic heterocycles. The summed E-state index contributed by atoms with van der Waals surface area (Å²) in [6.07, 6.45) is 1.59. The number of ether oxygens (including phenoxy) is 2.